The summed E-state index contributed by atoms with van der Waals surface area (Å²) in [6.07, 6.45) is 0. The van der Waals surface area contributed by atoms with Crippen LogP contribution >= 0.6 is 22.9 Å². The van der Waals surface area contributed by atoms with E-state index >= 15 is 0 Å². The van der Waals surface area contributed by atoms with Gasteiger partial charge in [-0.25, -0.2) is 4.79 Å². The zero-order chi connectivity index (χ0) is 14.5. The number of anilines is 1. The average molecular weight is 310 g/mol. The highest BCUT2D eigenvalue weighted by atomic mass is 35.5. The van der Waals surface area contributed by atoms with Crippen molar-refractivity contribution in [2.75, 3.05) is 18.3 Å². The van der Waals surface area contributed by atoms with Crippen LogP contribution in [0, 0.1) is 0 Å². The quantitative estimate of drug-likeness (QED) is 0.696. The van der Waals surface area contributed by atoms with Gasteiger partial charge in [0, 0.05) is 10.9 Å². The van der Waals surface area contributed by atoms with Gasteiger partial charge in [0.15, 0.2) is 0 Å². The number of amides is 1. The first-order valence-electron chi connectivity index (χ1n) is 5.78. The molecule has 4 nitrogen and oxygen atoms in total. The number of esters is 1. The van der Waals surface area contributed by atoms with Crippen LogP contribution in [0.4, 0.5) is 5.00 Å². The normalized spacial score (nSPS) is 10.1. The van der Waals surface area contributed by atoms with Gasteiger partial charge in [-0.1, -0.05) is 30.3 Å². The minimum atomic E-state index is -0.491. The Kier molecular flexibility index (Phi) is 4.76. The topological polar surface area (TPSA) is 55.4 Å². The maximum absolute atomic E-state index is 12.0. The molecule has 1 aromatic heterocycles. The van der Waals surface area contributed by atoms with Crippen molar-refractivity contribution in [3.63, 3.8) is 0 Å². The lowest BCUT2D eigenvalue weighted by molar-refractivity contribution is -0.113. The van der Waals surface area contributed by atoms with E-state index in [-0.39, 0.29) is 11.8 Å². The Labute approximate surface area is 125 Å². The molecule has 1 amide bonds. The Morgan fingerprint density at radius 1 is 1.30 bits per heavy atom. The summed E-state index contributed by atoms with van der Waals surface area (Å²) in [4.78, 5) is 23.4. The lowest BCUT2D eigenvalue weighted by atomic mass is 10.0. The van der Waals surface area contributed by atoms with E-state index in [1.165, 1.54) is 18.4 Å². The predicted octanol–water partition coefficient (Wildman–Crippen LogP) is 3.38. The van der Waals surface area contributed by atoms with Crippen LogP contribution in [0.2, 0.25) is 0 Å². The van der Waals surface area contributed by atoms with Gasteiger partial charge >= 0.3 is 5.97 Å². The van der Waals surface area contributed by atoms with Gasteiger partial charge in [0.25, 0.3) is 0 Å². The molecule has 1 aromatic carbocycles. The third kappa shape index (κ3) is 3.00. The SMILES string of the molecule is COC(=O)c1c(-c2ccccc2)csc1NC(=O)CCl. The fourth-order valence-corrected chi connectivity index (χ4v) is 2.79. The summed E-state index contributed by atoms with van der Waals surface area (Å²) in [7, 11) is 1.31. The monoisotopic (exact) mass is 309 g/mol. The van der Waals surface area contributed by atoms with E-state index in [9.17, 15) is 9.59 Å². The summed E-state index contributed by atoms with van der Waals surface area (Å²) in [5.41, 5.74) is 1.96. The fourth-order valence-electron chi connectivity index (χ4n) is 1.74. The molecule has 0 atom stereocenters. The van der Waals surface area contributed by atoms with Crippen LogP contribution in [0.15, 0.2) is 35.7 Å². The second kappa shape index (κ2) is 6.54. The summed E-state index contributed by atoms with van der Waals surface area (Å²) >= 11 is 6.73. The number of hydrogen-bond donors (Lipinski definition) is 1. The number of rotatable bonds is 4. The lowest BCUT2D eigenvalue weighted by Crippen LogP contribution is -2.14. The van der Waals surface area contributed by atoms with Crippen LogP contribution < -0.4 is 5.32 Å². The van der Waals surface area contributed by atoms with E-state index in [2.05, 4.69) is 5.32 Å². The number of ether oxygens (including phenoxy) is 1. The van der Waals surface area contributed by atoms with Crippen LogP contribution in [0.5, 0.6) is 0 Å². The number of alkyl halides is 1. The van der Waals surface area contributed by atoms with E-state index in [1.54, 1.807) is 0 Å². The number of halogens is 1. The molecule has 104 valence electrons. The lowest BCUT2D eigenvalue weighted by Gasteiger charge is -2.06. The Hall–Kier alpha value is -1.85. The molecular weight excluding hydrogens is 298 g/mol. The molecule has 0 aliphatic carbocycles. The largest absolute Gasteiger partial charge is 0.465 e. The summed E-state index contributed by atoms with van der Waals surface area (Å²) in [6, 6.07) is 9.43. The number of carbonyl (C=O) groups is 2. The van der Waals surface area contributed by atoms with Crippen LogP contribution in [-0.2, 0) is 9.53 Å². The molecule has 20 heavy (non-hydrogen) atoms. The van der Waals surface area contributed by atoms with Crippen LogP contribution in [0.25, 0.3) is 11.1 Å². The molecule has 0 unspecified atom stereocenters. The molecular formula is C14H12ClNO3S. The van der Waals surface area contributed by atoms with Crippen LogP contribution in [0.3, 0.4) is 0 Å². The van der Waals surface area contributed by atoms with Crippen molar-refractivity contribution >= 4 is 39.8 Å². The van der Waals surface area contributed by atoms with Gasteiger partial charge in [-0.15, -0.1) is 22.9 Å². The number of thiophene rings is 1. The Bertz CT molecular complexity index is 625. The van der Waals surface area contributed by atoms with Gasteiger partial charge in [0.05, 0.1) is 7.11 Å². The smallest absolute Gasteiger partial charge is 0.341 e. The fraction of sp³-hybridized carbons (Fsp3) is 0.143. The first-order chi connectivity index (χ1) is 9.67. The molecule has 0 fully saturated rings. The highest BCUT2D eigenvalue weighted by molar-refractivity contribution is 7.15. The minimum absolute atomic E-state index is 0.167. The third-order valence-corrected chi connectivity index (χ3v) is 3.78. The Balaban J connectivity index is 2.48. The molecule has 0 bridgehead atoms. The van der Waals surface area contributed by atoms with E-state index < -0.39 is 5.97 Å². The van der Waals surface area contributed by atoms with E-state index in [4.69, 9.17) is 16.3 Å². The van der Waals surface area contributed by atoms with Gasteiger partial charge in [-0.05, 0) is 5.56 Å². The van der Waals surface area contributed by atoms with Crippen molar-refractivity contribution in [2.45, 2.75) is 0 Å². The second-order valence-electron chi connectivity index (χ2n) is 3.89. The standard InChI is InChI=1S/C14H12ClNO3S/c1-19-14(18)12-10(9-5-3-2-4-6-9)8-20-13(12)16-11(17)7-15/h2-6,8H,7H2,1H3,(H,16,17). The summed E-state index contributed by atoms with van der Waals surface area (Å²) in [5.74, 6) is -1.02. The second-order valence-corrected chi connectivity index (χ2v) is 5.04. The molecule has 0 aliphatic rings. The van der Waals surface area contributed by atoms with E-state index in [0.717, 1.165) is 11.1 Å². The zero-order valence-corrected chi connectivity index (χ0v) is 12.3. The number of nitrogens with one attached hydrogen (secondary N) is 1. The van der Waals surface area contributed by atoms with E-state index in [0.29, 0.717) is 10.6 Å². The van der Waals surface area contributed by atoms with Gasteiger partial charge in [-0.3, -0.25) is 4.79 Å². The minimum Gasteiger partial charge on any atom is -0.465 e. The maximum Gasteiger partial charge on any atom is 0.341 e. The molecule has 0 aliphatic heterocycles. The van der Waals surface area contributed by atoms with Crippen molar-refractivity contribution in [3.8, 4) is 11.1 Å². The summed E-state index contributed by atoms with van der Waals surface area (Å²) < 4.78 is 4.80. The average Bonchev–Trinajstić information content (AvgIpc) is 2.90. The number of hydrogen-bond acceptors (Lipinski definition) is 4. The molecule has 0 radical (unpaired) electrons. The molecule has 1 N–H and O–H groups in total. The molecule has 2 rings (SSSR count). The zero-order valence-electron chi connectivity index (χ0n) is 10.7. The highest BCUT2D eigenvalue weighted by Crippen LogP contribution is 2.36. The van der Waals surface area contributed by atoms with Gasteiger partial charge in [0.1, 0.15) is 16.4 Å². The molecule has 1 heterocycles. The molecule has 0 spiro atoms. The molecule has 0 saturated heterocycles. The molecule has 6 heteroatoms. The van der Waals surface area contributed by atoms with E-state index in [1.807, 2.05) is 35.7 Å². The van der Waals surface area contributed by atoms with Gasteiger partial charge < -0.3 is 10.1 Å². The highest BCUT2D eigenvalue weighted by Gasteiger charge is 2.21. The number of carbonyl (C=O) groups excluding carboxylic acids is 2. The maximum atomic E-state index is 12.0. The van der Waals surface area contributed by atoms with Gasteiger partial charge in [0.2, 0.25) is 5.91 Å². The Morgan fingerprint density at radius 2 is 2.00 bits per heavy atom. The van der Waals surface area contributed by atoms with Crippen molar-refractivity contribution in [1.82, 2.24) is 0 Å². The third-order valence-electron chi connectivity index (χ3n) is 2.64. The molecule has 2 aromatic rings. The van der Waals surface area contributed by atoms with Gasteiger partial charge in [-0.2, -0.15) is 0 Å². The molecule has 0 saturated carbocycles. The van der Waals surface area contributed by atoms with Crippen molar-refractivity contribution in [1.29, 1.82) is 0 Å². The van der Waals surface area contributed by atoms with Crippen LogP contribution in [-0.4, -0.2) is 24.9 Å². The number of methoxy groups -OCH3 is 1. The van der Waals surface area contributed by atoms with Crippen LogP contribution in [0.1, 0.15) is 10.4 Å². The van der Waals surface area contributed by atoms with Crippen molar-refractivity contribution in [2.24, 2.45) is 0 Å². The Morgan fingerprint density at radius 3 is 2.60 bits per heavy atom. The van der Waals surface area contributed by atoms with Crippen molar-refractivity contribution < 1.29 is 14.3 Å². The van der Waals surface area contributed by atoms with Crippen molar-refractivity contribution in [3.05, 3.63) is 41.3 Å². The predicted molar refractivity (Wildman–Crippen MR) is 80.4 cm³/mol. The summed E-state index contributed by atoms with van der Waals surface area (Å²) in [6.45, 7) is 0. The summed E-state index contributed by atoms with van der Waals surface area (Å²) in [5, 5.41) is 4.87. The first kappa shape index (κ1) is 14.6. The first-order valence-corrected chi connectivity index (χ1v) is 7.19. The number of benzene rings is 1.